The van der Waals surface area contributed by atoms with Crippen molar-refractivity contribution >= 4 is 33.0 Å². The first kappa shape index (κ1) is 15.6. The summed E-state index contributed by atoms with van der Waals surface area (Å²) in [6, 6.07) is 8.46. The van der Waals surface area contributed by atoms with E-state index in [-0.39, 0.29) is 23.1 Å². The van der Waals surface area contributed by atoms with Gasteiger partial charge in [0.15, 0.2) is 0 Å². The van der Waals surface area contributed by atoms with E-state index in [0.29, 0.717) is 5.69 Å². The highest BCUT2D eigenvalue weighted by atomic mass is 32.2. The van der Waals surface area contributed by atoms with Crippen molar-refractivity contribution in [2.24, 2.45) is 0 Å². The Kier molecular flexibility index (Phi) is 5.05. The summed E-state index contributed by atoms with van der Waals surface area (Å²) in [5, 5.41) is 4.21. The van der Waals surface area contributed by atoms with Crippen molar-refractivity contribution < 1.29 is 17.6 Å². The molecule has 0 unspecified atom stereocenters. The van der Waals surface area contributed by atoms with Crippen LogP contribution in [0.3, 0.4) is 0 Å². The fourth-order valence-corrected chi connectivity index (χ4v) is 3.61. The molecule has 0 fully saturated rings. The van der Waals surface area contributed by atoms with Crippen LogP contribution in [0.2, 0.25) is 0 Å². The van der Waals surface area contributed by atoms with Crippen molar-refractivity contribution in [3.05, 3.63) is 47.6 Å². The molecule has 0 spiro atoms. The minimum atomic E-state index is -3.55. The molecule has 112 valence electrons. The number of hydrogen-bond donors (Lipinski definition) is 2. The fourth-order valence-electron chi connectivity index (χ4n) is 1.54. The van der Waals surface area contributed by atoms with Crippen LogP contribution in [0.15, 0.2) is 46.0 Å². The number of benzene rings is 1. The molecule has 0 aliphatic heterocycles. The third-order valence-corrected chi connectivity index (χ3v) is 5.39. The predicted molar refractivity (Wildman–Crippen MR) is 79.2 cm³/mol. The van der Waals surface area contributed by atoms with Gasteiger partial charge in [-0.25, -0.2) is 17.5 Å². The molecule has 1 aromatic heterocycles. The van der Waals surface area contributed by atoms with Gasteiger partial charge in [-0.2, -0.15) is 0 Å². The van der Waals surface area contributed by atoms with Gasteiger partial charge in [-0.1, -0.05) is 6.07 Å². The van der Waals surface area contributed by atoms with Gasteiger partial charge in [-0.05, 0) is 35.7 Å². The van der Waals surface area contributed by atoms with E-state index in [0.717, 1.165) is 11.3 Å². The number of rotatable bonds is 6. The Balaban J connectivity index is 1.81. The van der Waals surface area contributed by atoms with Crippen LogP contribution < -0.4 is 10.0 Å². The fraction of sp³-hybridized carbons (Fsp3) is 0.154. The zero-order valence-electron chi connectivity index (χ0n) is 10.9. The number of carbonyl (C=O) groups excluding carboxylic acids is 1. The van der Waals surface area contributed by atoms with Crippen molar-refractivity contribution in [1.82, 2.24) is 4.72 Å². The summed E-state index contributed by atoms with van der Waals surface area (Å²) < 4.78 is 38.9. The molecule has 1 heterocycles. The first-order chi connectivity index (χ1) is 9.97. The maximum absolute atomic E-state index is 12.7. The second-order valence-corrected chi connectivity index (χ2v) is 7.08. The number of hydrogen-bond acceptors (Lipinski definition) is 4. The maximum Gasteiger partial charge on any atom is 0.250 e. The Morgan fingerprint density at radius 3 is 2.52 bits per heavy atom. The second-order valence-electron chi connectivity index (χ2n) is 4.13. The van der Waals surface area contributed by atoms with E-state index in [9.17, 15) is 17.6 Å². The van der Waals surface area contributed by atoms with Crippen LogP contribution in [0.1, 0.15) is 6.42 Å². The summed E-state index contributed by atoms with van der Waals surface area (Å²) >= 11 is 1.11. The molecular weight excluding hydrogens is 315 g/mol. The lowest BCUT2D eigenvalue weighted by atomic mass is 10.3. The Hall–Kier alpha value is -1.77. The van der Waals surface area contributed by atoms with Gasteiger partial charge in [0.2, 0.25) is 15.9 Å². The molecule has 0 saturated carbocycles. The highest BCUT2D eigenvalue weighted by molar-refractivity contribution is 7.91. The molecule has 0 radical (unpaired) electrons. The summed E-state index contributed by atoms with van der Waals surface area (Å²) in [5.74, 6) is -0.743. The summed E-state index contributed by atoms with van der Waals surface area (Å²) in [6.45, 7) is -0.00669. The normalized spacial score (nSPS) is 11.3. The van der Waals surface area contributed by atoms with E-state index in [4.69, 9.17) is 0 Å². The summed E-state index contributed by atoms with van der Waals surface area (Å²) in [6.07, 6.45) is -0.0119. The molecule has 0 bridgehead atoms. The molecule has 0 atom stereocenters. The van der Waals surface area contributed by atoms with Crippen LogP contribution in [-0.2, 0) is 14.8 Å². The number of sulfonamides is 1. The third kappa shape index (κ3) is 4.62. The molecule has 5 nitrogen and oxygen atoms in total. The van der Waals surface area contributed by atoms with Gasteiger partial charge in [-0.3, -0.25) is 4.79 Å². The Morgan fingerprint density at radius 1 is 1.19 bits per heavy atom. The van der Waals surface area contributed by atoms with E-state index in [1.54, 1.807) is 11.4 Å². The lowest BCUT2D eigenvalue weighted by Gasteiger charge is -2.06. The van der Waals surface area contributed by atoms with Crippen LogP contribution >= 0.6 is 11.3 Å². The van der Waals surface area contributed by atoms with Crippen LogP contribution in [0, 0.1) is 5.82 Å². The second kappa shape index (κ2) is 6.79. The zero-order valence-corrected chi connectivity index (χ0v) is 12.5. The average Bonchev–Trinajstić information content (AvgIpc) is 2.96. The Labute approximate surface area is 125 Å². The molecule has 1 aromatic carbocycles. The molecule has 1 amide bonds. The number of anilines is 1. The van der Waals surface area contributed by atoms with Crippen molar-refractivity contribution in [1.29, 1.82) is 0 Å². The van der Waals surface area contributed by atoms with Crippen molar-refractivity contribution in [3.8, 4) is 0 Å². The van der Waals surface area contributed by atoms with Gasteiger partial charge in [0.1, 0.15) is 10.0 Å². The number of amides is 1. The standard InChI is InChI=1S/C13H13FN2O3S2/c14-10-3-5-11(6-4-10)16-12(17)7-8-15-21(18,19)13-2-1-9-20-13/h1-6,9,15H,7-8H2,(H,16,17). The summed E-state index contributed by atoms with van der Waals surface area (Å²) in [7, 11) is -3.55. The number of carbonyl (C=O) groups is 1. The van der Waals surface area contributed by atoms with Gasteiger partial charge >= 0.3 is 0 Å². The number of nitrogens with one attached hydrogen (secondary N) is 2. The topological polar surface area (TPSA) is 75.3 Å². The van der Waals surface area contributed by atoms with Gasteiger partial charge in [0.05, 0.1) is 0 Å². The third-order valence-electron chi connectivity index (χ3n) is 2.53. The highest BCUT2D eigenvalue weighted by Gasteiger charge is 2.14. The minimum absolute atomic E-state index is 0.00669. The number of thiophene rings is 1. The van der Waals surface area contributed by atoms with Crippen molar-refractivity contribution in [2.75, 3.05) is 11.9 Å². The SMILES string of the molecule is O=C(CCNS(=O)(=O)c1cccs1)Nc1ccc(F)cc1. The molecule has 2 aromatic rings. The lowest BCUT2D eigenvalue weighted by Crippen LogP contribution is -2.27. The number of halogens is 1. The molecule has 0 aliphatic rings. The maximum atomic E-state index is 12.7. The highest BCUT2D eigenvalue weighted by Crippen LogP contribution is 2.15. The molecule has 2 rings (SSSR count). The monoisotopic (exact) mass is 328 g/mol. The average molecular weight is 328 g/mol. The van der Waals surface area contributed by atoms with Gasteiger partial charge in [-0.15, -0.1) is 11.3 Å². The van der Waals surface area contributed by atoms with Crippen molar-refractivity contribution in [2.45, 2.75) is 10.6 Å². The van der Waals surface area contributed by atoms with Gasteiger partial charge in [0.25, 0.3) is 0 Å². The molecule has 0 aliphatic carbocycles. The molecule has 0 saturated heterocycles. The predicted octanol–water partition coefficient (Wildman–Crippen LogP) is 2.19. The van der Waals surface area contributed by atoms with Crippen LogP contribution in [0.25, 0.3) is 0 Å². The van der Waals surface area contributed by atoms with E-state index in [1.165, 1.54) is 30.3 Å². The van der Waals surface area contributed by atoms with Crippen LogP contribution in [0.4, 0.5) is 10.1 Å². The van der Waals surface area contributed by atoms with E-state index >= 15 is 0 Å². The molecule has 21 heavy (non-hydrogen) atoms. The first-order valence-electron chi connectivity index (χ1n) is 6.06. The summed E-state index contributed by atoms with van der Waals surface area (Å²) in [4.78, 5) is 11.6. The molecular formula is C13H13FN2O3S2. The lowest BCUT2D eigenvalue weighted by molar-refractivity contribution is -0.116. The molecule has 8 heteroatoms. The quantitative estimate of drug-likeness (QED) is 0.853. The Bertz CT molecular complexity index is 698. The minimum Gasteiger partial charge on any atom is -0.326 e. The van der Waals surface area contributed by atoms with E-state index < -0.39 is 15.8 Å². The first-order valence-corrected chi connectivity index (χ1v) is 8.42. The van der Waals surface area contributed by atoms with Crippen molar-refractivity contribution in [3.63, 3.8) is 0 Å². The van der Waals surface area contributed by atoms with Crippen LogP contribution in [-0.4, -0.2) is 20.9 Å². The Morgan fingerprint density at radius 2 is 1.90 bits per heavy atom. The van der Waals surface area contributed by atoms with Gasteiger partial charge < -0.3 is 5.32 Å². The van der Waals surface area contributed by atoms with Gasteiger partial charge in [0, 0.05) is 18.7 Å². The van der Waals surface area contributed by atoms with E-state index in [1.807, 2.05) is 0 Å². The van der Waals surface area contributed by atoms with Crippen LogP contribution in [0.5, 0.6) is 0 Å². The smallest absolute Gasteiger partial charge is 0.250 e. The molecule has 2 N–H and O–H groups in total. The zero-order chi connectivity index (χ0) is 15.3. The van der Waals surface area contributed by atoms with E-state index in [2.05, 4.69) is 10.0 Å². The summed E-state index contributed by atoms with van der Waals surface area (Å²) in [5.41, 5.74) is 0.461. The largest absolute Gasteiger partial charge is 0.326 e.